The Kier molecular flexibility index (Phi) is 3.67. The fourth-order valence-corrected chi connectivity index (χ4v) is 4.03. The van der Waals surface area contributed by atoms with Gasteiger partial charge >= 0.3 is 0 Å². The number of nitrogens with one attached hydrogen (secondary N) is 1. The lowest BCUT2D eigenvalue weighted by atomic mass is 9.98. The molecule has 2 fully saturated rings. The van der Waals surface area contributed by atoms with E-state index in [0.717, 1.165) is 17.8 Å². The molecular weight excluding hydrogens is 220 g/mol. The number of aryl methyl sites for hydroxylation is 1. The molecule has 2 aliphatic carbocycles. The summed E-state index contributed by atoms with van der Waals surface area (Å²) < 4.78 is 0. The van der Waals surface area contributed by atoms with Crippen LogP contribution in [0.15, 0.2) is 30.3 Å². The standard InChI is InChI=1S/C16H24N2/c17-18-15(16-13-9-5-10-14(13)16)11-4-8-12-6-2-1-3-7-12/h1-3,6-7,13-16,18H,4-5,8-11,17H2. The van der Waals surface area contributed by atoms with Crippen LogP contribution in [0.2, 0.25) is 0 Å². The second-order valence-corrected chi connectivity index (χ2v) is 5.99. The second-order valence-electron chi connectivity index (χ2n) is 5.99. The van der Waals surface area contributed by atoms with E-state index in [1.165, 1.54) is 44.1 Å². The zero-order valence-electron chi connectivity index (χ0n) is 11.0. The largest absolute Gasteiger partial charge is 0.271 e. The second kappa shape index (κ2) is 5.41. The van der Waals surface area contributed by atoms with E-state index in [-0.39, 0.29) is 0 Å². The molecule has 0 spiro atoms. The fourth-order valence-electron chi connectivity index (χ4n) is 4.03. The first-order valence-corrected chi connectivity index (χ1v) is 7.40. The highest BCUT2D eigenvalue weighted by molar-refractivity contribution is 5.14. The SMILES string of the molecule is NNC(CCCc1ccccc1)C1C2CCCC21. The molecule has 0 aromatic heterocycles. The van der Waals surface area contributed by atoms with Crippen LogP contribution in [0.25, 0.3) is 0 Å². The molecule has 1 aromatic carbocycles. The molecule has 0 saturated heterocycles. The molecule has 2 nitrogen and oxygen atoms in total. The number of hydrogen-bond acceptors (Lipinski definition) is 2. The third-order valence-electron chi connectivity index (χ3n) is 4.97. The van der Waals surface area contributed by atoms with E-state index in [1.807, 2.05) is 0 Å². The summed E-state index contributed by atoms with van der Waals surface area (Å²) in [7, 11) is 0. The average molecular weight is 244 g/mol. The Bertz CT molecular complexity index is 366. The highest BCUT2D eigenvalue weighted by Crippen LogP contribution is 2.59. The van der Waals surface area contributed by atoms with E-state index in [4.69, 9.17) is 5.84 Å². The van der Waals surface area contributed by atoms with Gasteiger partial charge in [-0.3, -0.25) is 11.3 Å². The van der Waals surface area contributed by atoms with Gasteiger partial charge in [0.1, 0.15) is 0 Å². The minimum Gasteiger partial charge on any atom is -0.271 e. The summed E-state index contributed by atoms with van der Waals surface area (Å²) in [5.41, 5.74) is 4.53. The van der Waals surface area contributed by atoms with Crippen LogP contribution in [0.4, 0.5) is 0 Å². The van der Waals surface area contributed by atoms with E-state index < -0.39 is 0 Å². The van der Waals surface area contributed by atoms with Crippen LogP contribution in [0.1, 0.15) is 37.7 Å². The van der Waals surface area contributed by atoms with Crippen molar-refractivity contribution >= 4 is 0 Å². The first-order valence-electron chi connectivity index (χ1n) is 7.40. The van der Waals surface area contributed by atoms with Gasteiger partial charge in [-0.05, 0) is 55.4 Å². The lowest BCUT2D eigenvalue weighted by molar-refractivity contribution is 0.383. The summed E-state index contributed by atoms with van der Waals surface area (Å²) in [5.74, 6) is 8.64. The predicted octanol–water partition coefficient (Wildman–Crippen LogP) is 2.89. The van der Waals surface area contributed by atoms with Gasteiger partial charge in [-0.15, -0.1) is 0 Å². The van der Waals surface area contributed by atoms with Crippen molar-refractivity contribution in [1.82, 2.24) is 5.43 Å². The number of fused-ring (bicyclic) bond motifs is 1. The Labute approximate surface area is 110 Å². The minimum atomic E-state index is 0.559. The number of benzene rings is 1. The summed E-state index contributed by atoms with van der Waals surface area (Å²) in [4.78, 5) is 0. The quantitative estimate of drug-likeness (QED) is 0.596. The molecule has 18 heavy (non-hydrogen) atoms. The fraction of sp³-hybridized carbons (Fsp3) is 0.625. The van der Waals surface area contributed by atoms with Crippen molar-refractivity contribution < 1.29 is 0 Å². The molecule has 1 aromatic rings. The predicted molar refractivity (Wildman–Crippen MR) is 74.8 cm³/mol. The summed E-state index contributed by atoms with van der Waals surface area (Å²) in [5, 5.41) is 0. The van der Waals surface area contributed by atoms with Crippen LogP contribution >= 0.6 is 0 Å². The first-order chi connectivity index (χ1) is 8.90. The molecule has 0 radical (unpaired) electrons. The van der Waals surface area contributed by atoms with Crippen LogP contribution in [0.3, 0.4) is 0 Å². The van der Waals surface area contributed by atoms with Crippen LogP contribution in [-0.2, 0) is 6.42 Å². The molecule has 0 aliphatic heterocycles. The van der Waals surface area contributed by atoms with Crippen molar-refractivity contribution in [2.24, 2.45) is 23.6 Å². The molecule has 2 heteroatoms. The van der Waals surface area contributed by atoms with Gasteiger partial charge in [0, 0.05) is 6.04 Å². The summed E-state index contributed by atoms with van der Waals surface area (Å²) in [6.07, 6.45) is 8.00. The van der Waals surface area contributed by atoms with Crippen molar-refractivity contribution in [3.63, 3.8) is 0 Å². The molecule has 98 valence electrons. The Morgan fingerprint density at radius 3 is 2.56 bits per heavy atom. The van der Waals surface area contributed by atoms with Gasteiger partial charge in [0.2, 0.25) is 0 Å². The molecular formula is C16H24N2. The van der Waals surface area contributed by atoms with Crippen molar-refractivity contribution in [3.8, 4) is 0 Å². The van der Waals surface area contributed by atoms with Gasteiger partial charge < -0.3 is 0 Å². The maximum atomic E-state index is 5.75. The Morgan fingerprint density at radius 2 is 1.89 bits per heavy atom. The highest BCUT2D eigenvalue weighted by Gasteiger charge is 2.55. The topological polar surface area (TPSA) is 38.0 Å². The molecule has 3 rings (SSSR count). The average Bonchev–Trinajstić information content (AvgIpc) is 2.88. The lowest BCUT2D eigenvalue weighted by Crippen LogP contribution is -2.38. The maximum Gasteiger partial charge on any atom is 0.0244 e. The van der Waals surface area contributed by atoms with Gasteiger partial charge in [-0.2, -0.15) is 0 Å². The lowest BCUT2D eigenvalue weighted by Gasteiger charge is -2.17. The van der Waals surface area contributed by atoms with Gasteiger partial charge in [-0.1, -0.05) is 36.8 Å². The molecule has 3 atom stereocenters. The van der Waals surface area contributed by atoms with Gasteiger partial charge in [0.15, 0.2) is 0 Å². The number of nitrogens with two attached hydrogens (primary N) is 1. The smallest absolute Gasteiger partial charge is 0.0244 e. The molecule has 3 N–H and O–H groups in total. The Balaban J connectivity index is 1.44. The number of hydrazine groups is 1. The molecule has 0 heterocycles. The molecule has 3 unspecified atom stereocenters. The van der Waals surface area contributed by atoms with Crippen molar-refractivity contribution in [2.45, 2.75) is 44.6 Å². The van der Waals surface area contributed by atoms with Crippen LogP contribution < -0.4 is 11.3 Å². The van der Waals surface area contributed by atoms with E-state index in [0.29, 0.717) is 6.04 Å². The van der Waals surface area contributed by atoms with Crippen molar-refractivity contribution in [2.75, 3.05) is 0 Å². The minimum absolute atomic E-state index is 0.559. The molecule has 2 saturated carbocycles. The third kappa shape index (κ3) is 2.45. The van der Waals surface area contributed by atoms with Gasteiger partial charge in [0.05, 0.1) is 0 Å². The highest BCUT2D eigenvalue weighted by atomic mass is 15.2. The van der Waals surface area contributed by atoms with Crippen LogP contribution in [0, 0.1) is 17.8 Å². The zero-order valence-corrected chi connectivity index (χ0v) is 11.0. The summed E-state index contributed by atoms with van der Waals surface area (Å²) >= 11 is 0. The zero-order chi connectivity index (χ0) is 12.4. The Morgan fingerprint density at radius 1 is 1.17 bits per heavy atom. The van der Waals surface area contributed by atoms with E-state index in [2.05, 4.69) is 35.8 Å². The Hall–Kier alpha value is -0.860. The first kappa shape index (κ1) is 12.2. The number of rotatable bonds is 6. The van der Waals surface area contributed by atoms with Gasteiger partial charge in [-0.25, -0.2) is 0 Å². The monoisotopic (exact) mass is 244 g/mol. The van der Waals surface area contributed by atoms with E-state index in [1.54, 1.807) is 0 Å². The molecule has 0 amide bonds. The van der Waals surface area contributed by atoms with Crippen LogP contribution in [0.5, 0.6) is 0 Å². The van der Waals surface area contributed by atoms with Gasteiger partial charge in [0.25, 0.3) is 0 Å². The van der Waals surface area contributed by atoms with Crippen molar-refractivity contribution in [1.29, 1.82) is 0 Å². The normalized spacial score (nSPS) is 31.1. The van der Waals surface area contributed by atoms with Crippen molar-refractivity contribution in [3.05, 3.63) is 35.9 Å². The summed E-state index contributed by atoms with van der Waals surface area (Å²) in [6.45, 7) is 0. The molecule has 2 aliphatic rings. The maximum absolute atomic E-state index is 5.75. The molecule has 0 bridgehead atoms. The number of hydrogen-bond donors (Lipinski definition) is 2. The van der Waals surface area contributed by atoms with E-state index in [9.17, 15) is 0 Å². The van der Waals surface area contributed by atoms with E-state index >= 15 is 0 Å². The van der Waals surface area contributed by atoms with Crippen LogP contribution in [-0.4, -0.2) is 6.04 Å². The third-order valence-corrected chi connectivity index (χ3v) is 4.97. The summed E-state index contributed by atoms with van der Waals surface area (Å²) in [6, 6.07) is 11.3.